The van der Waals surface area contributed by atoms with Crippen molar-refractivity contribution >= 4 is 0 Å². The first kappa shape index (κ1) is 13.8. The number of aryl methyl sites for hydroxylation is 2. The maximum absolute atomic E-state index is 5.87. The minimum atomic E-state index is 0.570. The quantitative estimate of drug-likeness (QED) is 0.861. The number of aromatic nitrogens is 4. The highest BCUT2D eigenvalue weighted by molar-refractivity contribution is 5.27. The SMILES string of the molecule is CCc1nn(Cc2cnn(CC)c2)c(CC)c1CN. The topological polar surface area (TPSA) is 61.7 Å². The molecule has 5 nitrogen and oxygen atoms in total. The molecule has 0 amide bonds. The van der Waals surface area contributed by atoms with Crippen molar-refractivity contribution in [2.24, 2.45) is 5.73 Å². The van der Waals surface area contributed by atoms with E-state index < -0.39 is 0 Å². The van der Waals surface area contributed by atoms with Crippen LogP contribution in [0.15, 0.2) is 12.4 Å². The number of hydrogen-bond acceptors (Lipinski definition) is 3. The van der Waals surface area contributed by atoms with Gasteiger partial charge >= 0.3 is 0 Å². The van der Waals surface area contributed by atoms with Crippen molar-refractivity contribution in [3.05, 3.63) is 34.9 Å². The van der Waals surface area contributed by atoms with Crippen LogP contribution in [0.3, 0.4) is 0 Å². The summed E-state index contributed by atoms with van der Waals surface area (Å²) in [6.07, 6.45) is 5.88. The highest BCUT2D eigenvalue weighted by Gasteiger charge is 2.14. The van der Waals surface area contributed by atoms with Gasteiger partial charge in [-0.25, -0.2) is 0 Å². The average molecular weight is 261 g/mol. The maximum Gasteiger partial charge on any atom is 0.0693 e. The molecule has 2 aromatic heterocycles. The van der Waals surface area contributed by atoms with Crippen LogP contribution in [0, 0.1) is 0 Å². The van der Waals surface area contributed by atoms with Gasteiger partial charge in [0.15, 0.2) is 0 Å². The first-order valence-corrected chi connectivity index (χ1v) is 7.02. The van der Waals surface area contributed by atoms with Gasteiger partial charge in [-0.1, -0.05) is 13.8 Å². The number of rotatable bonds is 6. The van der Waals surface area contributed by atoms with Crippen LogP contribution in [-0.2, 0) is 32.5 Å². The lowest BCUT2D eigenvalue weighted by molar-refractivity contribution is 0.634. The van der Waals surface area contributed by atoms with Gasteiger partial charge in [-0.2, -0.15) is 10.2 Å². The summed E-state index contributed by atoms with van der Waals surface area (Å²) in [7, 11) is 0. The molecule has 0 atom stereocenters. The van der Waals surface area contributed by atoms with Crippen molar-refractivity contribution in [1.82, 2.24) is 19.6 Å². The van der Waals surface area contributed by atoms with Gasteiger partial charge in [0.05, 0.1) is 18.4 Å². The van der Waals surface area contributed by atoms with Crippen LogP contribution >= 0.6 is 0 Å². The Morgan fingerprint density at radius 2 is 2.00 bits per heavy atom. The average Bonchev–Trinajstić information content (AvgIpc) is 3.02. The summed E-state index contributed by atoms with van der Waals surface area (Å²) in [6, 6.07) is 0. The van der Waals surface area contributed by atoms with Crippen molar-refractivity contribution < 1.29 is 0 Å². The Morgan fingerprint density at radius 3 is 2.53 bits per heavy atom. The molecule has 19 heavy (non-hydrogen) atoms. The van der Waals surface area contributed by atoms with E-state index in [9.17, 15) is 0 Å². The van der Waals surface area contributed by atoms with E-state index in [1.54, 1.807) is 0 Å². The predicted molar refractivity (Wildman–Crippen MR) is 75.9 cm³/mol. The molecule has 0 aromatic carbocycles. The van der Waals surface area contributed by atoms with Gasteiger partial charge in [-0.05, 0) is 19.8 Å². The summed E-state index contributed by atoms with van der Waals surface area (Å²) >= 11 is 0. The van der Waals surface area contributed by atoms with Gasteiger partial charge < -0.3 is 5.73 Å². The summed E-state index contributed by atoms with van der Waals surface area (Å²) < 4.78 is 4.02. The second kappa shape index (κ2) is 6.02. The lowest BCUT2D eigenvalue weighted by atomic mass is 10.1. The summed E-state index contributed by atoms with van der Waals surface area (Å²) in [6.45, 7) is 8.61. The fraction of sp³-hybridized carbons (Fsp3) is 0.571. The minimum Gasteiger partial charge on any atom is -0.326 e. The number of nitrogens with zero attached hydrogens (tertiary/aromatic N) is 4. The molecule has 2 N–H and O–H groups in total. The zero-order valence-electron chi connectivity index (χ0n) is 12.1. The van der Waals surface area contributed by atoms with Gasteiger partial charge in [-0.15, -0.1) is 0 Å². The van der Waals surface area contributed by atoms with Crippen LogP contribution < -0.4 is 5.73 Å². The Kier molecular flexibility index (Phi) is 4.37. The Morgan fingerprint density at radius 1 is 1.21 bits per heavy atom. The van der Waals surface area contributed by atoms with E-state index in [2.05, 4.69) is 36.7 Å². The first-order chi connectivity index (χ1) is 9.23. The van der Waals surface area contributed by atoms with Crippen LogP contribution in [0.5, 0.6) is 0 Å². The molecule has 0 unspecified atom stereocenters. The Labute approximate surface area is 114 Å². The Hall–Kier alpha value is -1.62. The van der Waals surface area contributed by atoms with Gasteiger partial charge in [0.2, 0.25) is 0 Å². The number of nitrogens with two attached hydrogens (primary N) is 1. The molecule has 0 radical (unpaired) electrons. The van der Waals surface area contributed by atoms with Crippen LogP contribution in [0.2, 0.25) is 0 Å². The van der Waals surface area contributed by atoms with E-state index >= 15 is 0 Å². The molecule has 5 heteroatoms. The van der Waals surface area contributed by atoms with Crippen LogP contribution in [0.1, 0.15) is 43.3 Å². The lowest BCUT2D eigenvalue weighted by Gasteiger charge is -2.05. The highest BCUT2D eigenvalue weighted by atomic mass is 15.3. The lowest BCUT2D eigenvalue weighted by Crippen LogP contribution is -2.07. The fourth-order valence-electron chi connectivity index (χ4n) is 2.47. The van der Waals surface area contributed by atoms with Crippen molar-refractivity contribution in [1.29, 1.82) is 0 Å². The van der Waals surface area contributed by atoms with Crippen molar-refractivity contribution in [3.8, 4) is 0 Å². The summed E-state index contributed by atoms with van der Waals surface area (Å²) in [5.74, 6) is 0. The van der Waals surface area contributed by atoms with Gasteiger partial charge in [0.25, 0.3) is 0 Å². The fourth-order valence-corrected chi connectivity index (χ4v) is 2.47. The van der Waals surface area contributed by atoms with Crippen molar-refractivity contribution in [3.63, 3.8) is 0 Å². The molecule has 104 valence electrons. The molecule has 2 rings (SSSR count). The molecule has 0 saturated carbocycles. The standard InChI is InChI=1S/C14H23N5/c1-4-13-12(7-15)14(5-2)19(17-13)10-11-8-16-18(6-3)9-11/h8-9H,4-7,10,15H2,1-3H3. The molecule has 2 aromatic rings. The van der Waals surface area contributed by atoms with Crippen LogP contribution in [-0.4, -0.2) is 19.6 Å². The van der Waals surface area contributed by atoms with E-state index in [0.717, 1.165) is 31.6 Å². The van der Waals surface area contributed by atoms with E-state index in [-0.39, 0.29) is 0 Å². The molecule has 0 saturated heterocycles. The van der Waals surface area contributed by atoms with E-state index in [0.29, 0.717) is 6.54 Å². The minimum absolute atomic E-state index is 0.570. The predicted octanol–water partition coefficient (Wildman–Crippen LogP) is 1.73. The molecule has 0 aliphatic rings. The Balaban J connectivity index is 2.31. The molecule has 0 fully saturated rings. The van der Waals surface area contributed by atoms with Crippen molar-refractivity contribution in [2.45, 2.75) is 53.2 Å². The molecule has 0 aliphatic carbocycles. The number of hydrogen-bond donors (Lipinski definition) is 1. The normalized spacial score (nSPS) is 11.2. The third-order valence-corrected chi connectivity index (χ3v) is 3.47. The zero-order chi connectivity index (χ0) is 13.8. The second-order valence-electron chi connectivity index (χ2n) is 4.65. The monoisotopic (exact) mass is 261 g/mol. The molecule has 2 heterocycles. The molecule has 0 spiro atoms. The molecule has 0 bridgehead atoms. The smallest absolute Gasteiger partial charge is 0.0693 e. The molecular formula is C14H23N5. The summed E-state index contributed by atoms with van der Waals surface area (Å²) in [5.41, 5.74) is 10.6. The third kappa shape index (κ3) is 2.71. The summed E-state index contributed by atoms with van der Waals surface area (Å²) in [5, 5.41) is 9.01. The van der Waals surface area contributed by atoms with Crippen molar-refractivity contribution in [2.75, 3.05) is 0 Å². The van der Waals surface area contributed by atoms with Crippen LogP contribution in [0.25, 0.3) is 0 Å². The van der Waals surface area contributed by atoms with E-state index in [4.69, 9.17) is 10.8 Å². The zero-order valence-corrected chi connectivity index (χ0v) is 12.1. The van der Waals surface area contributed by atoms with E-state index in [1.807, 2.05) is 10.9 Å². The second-order valence-corrected chi connectivity index (χ2v) is 4.65. The first-order valence-electron chi connectivity index (χ1n) is 7.02. The summed E-state index contributed by atoms with van der Waals surface area (Å²) in [4.78, 5) is 0. The maximum atomic E-state index is 5.87. The highest BCUT2D eigenvalue weighted by Crippen LogP contribution is 2.17. The van der Waals surface area contributed by atoms with Gasteiger partial charge in [0, 0.05) is 36.1 Å². The molecular weight excluding hydrogens is 238 g/mol. The largest absolute Gasteiger partial charge is 0.326 e. The third-order valence-electron chi connectivity index (χ3n) is 3.47. The molecule has 0 aliphatic heterocycles. The Bertz CT molecular complexity index is 538. The van der Waals surface area contributed by atoms with Gasteiger partial charge in [0.1, 0.15) is 0 Å². The van der Waals surface area contributed by atoms with Crippen LogP contribution in [0.4, 0.5) is 0 Å². The van der Waals surface area contributed by atoms with E-state index in [1.165, 1.54) is 16.8 Å². The van der Waals surface area contributed by atoms with Gasteiger partial charge in [-0.3, -0.25) is 9.36 Å².